The van der Waals surface area contributed by atoms with Gasteiger partial charge in [0.25, 0.3) is 0 Å². The summed E-state index contributed by atoms with van der Waals surface area (Å²) in [6, 6.07) is 0. The molecule has 0 aromatic rings. The van der Waals surface area contributed by atoms with E-state index in [0.717, 1.165) is 19.3 Å². The average Bonchev–Trinajstić information content (AvgIpc) is 2.63. The highest BCUT2D eigenvalue weighted by Gasteiger charge is 2.02. The lowest BCUT2D eigenvalue weighted by Crippen LogP contribution is -2.28. The van der Waals surface area contributed by atoms with Crippen LogP contribution in [0.2, 0.25) is 0 Å². The number of nitrogens with one attached hydrogen (secondary N) is 1. The van der Waals surface area contributed by atoms with Crippen LogP contribution in [0.15, 0.2) is 0 Å². The van der Waals surface area contributed by atoms with Crippen LogP contribution in [0.4, 0.5) is 0 Å². The van der Waals surface area contributed by atoms with E-state index in [-0.39, 0.29) is 12.5 Å². The van der Waals surface area contributed by atoms with Gasteiger partial charge < -0.3 is 9.87 Å². The molecule has 0 radical (unpaired) electrons. The van der Waals surface area contributed by atoms with Gasteiger partial charge in [-0.15, -0.1) is 0 Å². The first kappa shape index (κ1) is 27.4. The Morgan fingerprint density at radius 2 is 1.04 bits per heavy atom. The molecule has 0 heterocycles. The van der Waals surface area contributed by atoms with Crippen LogP contribution < -0.4 is 5.32 Å². The van der Waals surface area contributed by atoms with Crippen LogP contribution in [0.5, 0.6) is 0 Å². The first-order valence-corrected chi connectivity index (χ1v) is 13.2. The van der Waals surface area contributed by atoms with E-state index in [0.29, 0.717) is 6.42 Å². The Hall–Kier alpha value is -0.620. The number of carbonyl (C=O) groups is 1. The third-order valence-corrected chi connectivity index (χ3v) is 5.89. The molecule has 0 saturated carbocycles. The van der Waals surface area contributed by atoms with Gasteiger partial charge in [-0.1, -0.05) is 110 Å². The third kappa shape index (κ3) is 23.4. The zero-order chi connectivity index (χ0) is 20.9. The summed E-state index contributed by atoms with van der Waals surface area (Å²) in [4.78, 5) is 11.5. The monoisotopic (exact) mass is 418 g/mol. The predicted octanol–water partition coefficient (Wildman–Crippen LogP) is 5.69. The molecule has 6 heteroatoms. The van der Waals surface area contributed by atoms with Crippen LogP contribution >= 0.6 is 0 Å². The molecule has 0 atom stereocenters. The smallest absolute Gasteiger partial charge is 0.220 e. The van der Waals surface area contributed by atoms with Gasteiger partial charge in [-0.05, 0) is 6.42 Å². The predicted molar refractivity (Wildman–Crippen MR) is 116 cm³/mol. The maximum atomic E-state index is 11.5. The fraction of sp³-hybridized carbons (Fsp3) is 0.955. The summed E-state index contributed by atoms with van der Waals surface area (Å²) in [7, 11) is -4.24. The zero-order valence-electron chi connectivity index (χ0n) is 18.2. The van der Waals surface area contributed by atoms with Crippen LogP contribution in [-0.4, -0.2) is 31.2 Å². The summed E-state index contributed by atoms with van der Waals surface area (Å²) in [5.41, 5.74) is 0. The second-order valence-corrected chi connectivity index (χ2v) is 9.54. The lowest BCUT2D eigenvalue weighted by Gasteiger charge is -2.08. The van der Waals surface area contributed by atoms with E-state index in [4.69, 9.17) is 0 Å². The Morgan fingerprint density at radius 3 is 1.39 bits per heavy atom. The van der Waals surface area contributed by atoms with Crippen molar-refractivity contribution in [3.8, 4) is 0 Å². The number of rotatable bonds is 21. The second-order valence-electron chi connectivity index (χ2n) is 8.02. The molecule has 0 fully saturated rings. The minimum absolute atomic E-state index is 0.0797. The van der Waals surface area contributed by atoms with Crippen molar-refractivity contribution in [2.75, 3.05) is 12.3 Å². The van der Waals surface area contributed by atoms with Crippen molar-refractivity contribution < 1.29 is 17.8 Å². The molecule has 0 unspecified atom stereocenters. The number of amides is 1. The van der Waals surface area contributed by atoms with Gasteiger partial charge in [0.2, 0.25) is 5.91 Å². The Bertz CT molecular complexity index is 451. The number of hydrogen-bond donors (Lipinski definition) is 1. The normalized spacial score (nSPS) is 11.6. The molecule has 0 aliphatic carbocycles. The number of carbonyl (C=O) groups excluding carboxylic acids is 1. The summed E-state index contributed by atoms with van der Waals surface area (Å²) in [5.74, 6) is -0.692. The topological polar surface area (TPSA) is 86.3 Å². The molecule has 0 rings (SSSR count). The van der Waals surface area contributed by atoms with E-state index in [1.54, 1.807) is 0 Å². The average molecular weight is 419 g/mol. The highest BCUT2D eigenvalue weighted by molar-refractivity contribution is 7.85. The van der Waals surface area contributed by atoms with Gasteiger partial charge in [0.15, 0.2) is 0 Å². The molecule has 28 heavy (non-hydrogen) atoms. The standard InChI is InChI=1S/C22H45NO4S/c1-2-3-4-5-6-7-8-9-10-11-12-13-14-15-16-17-18-19-22(24)23-20-21-28(25,26)27/h2-21H2,1H3,(H,23,24)(H,25,26,27)/p-1. The van der Waals surface area contributed by atoms with Crippen LogP contribution in [0.3, 0.4) is 0 Å². The van der Waals surface area contributed by atoms with Gasteiger partial charge in [-0.3, -0.25) is 4.79 Å². The minimum atomic E-state index is -4.24. The zero-order valence-corrected chi connectivity index (χ0v) is 19.0. The van der Waals surface area contributed by atoms with Crippen molar-refractivity contribution in [3.63, 3.8) is 0 Å². The summed E-state index contributed by atoms with van der Waals surface area (Å²) >= 11 is 0. The Morgan fingerprint density at radius 1 is 0.679 bits per heavy atom. The number of unbranched alkanes of at least 4 members (excludes halogenated alkanes) is 16. The number of hydrogen-bond acceptors (Lipinski definition) is 4. The Labute approximate surface area is 174 Å². The summed E-state index contributed by atoms with van der Waals surface area (Å²) in [6.07, 6.45) is 22.6. The molecular weight excluding hydrogens is 374 g/mol. The van der Waals surface area contributed by atoms with E-state index in [9.17, 15) is 17.8 Å². The Kier molecular flexibility index (Phi) is 19.2. The van der Waals surface area contributed by atoms with Gasteiger partial charge in [0.1, 0.15) is 0 Å². The summed E-state index contributed by atoms with van der Waals surface area (Å²) in [5, 5.41) is 2.48. The Balaban J connectivity index is 3.16. The highest BCUT2D eigenvalue weighted by atomic mass is 32.2. The van der Waals surface area contributed by atoms with Crippen molar-refractivity contribution in [1.29, 1.82) is 0 Å². The van der Waals surface area contributed by atoms with E-state index in [2.05, 4.69) is 12.2 Å². The molecule has 0 saturated heterocycles. The second kappa shape index (κ2) is 19.7. The third-order valence-electron chi connectivity index (χ3n) is 5.18. The van der Waals surface area contributed by atoms with Crippen LogP contribution in [0.1, 0.15) is 122 Å². The van der Waals surface area contributed by atoms with E-state index >= 15 is 0 Å². The molecule has 5 nitrogen and oxygen atoms in total. The van der Waals surface area contributed by atoms with E-state index < -0.39 is 15.9 Å². The van der Waals surface area contributed by atoms with Crippen molar-refractivity contribution >= 4 is 16.0 Å². The molecule has 0 aliphatic rings. The lowest BCUT2D eigenvalue weighted by molar-refractivity contribution is -0.121. The molecule has 0 aromatic carbocycles. The van der Waals surface area contributed by atoms with Crippen molar-refractivity contribution in [2.24, 2.45) is 0 Å². The molecular formula is C22H44NO4S-. The molecule has 1 N–H and O–H groups in total. The van der Waals surface area contributed by atoms with Crippen molar-refractivity contribution in [1.82, 2.24) is 5.32 Å². The van der Waals surface area contributed by atoms with Crippen LogP contribution in [0.25, 0.3) is 0 Å². The van der Waals surface area contributed by atoms with Crippen LogP contribution in [0, 0.1) is 0 Å². The molecule has 0 bridgehead atoms. The first-order chi connectivity index (χ1) is 13.5. The molecule has 0 spiro atoms. The molecule has 0 aromatic heterocycles. The van der Waals surface area contributed by atoms with Gasteiger partial charge >= 0.3 is 0 Å². The molecule has 1 amide bonds. The van der Waals surface area contributed by atoms with Crippen molar-refractivity contribution in [3.05, 3.63) is 0 Å². The van der Waals surface area contributed by atoms with Gasteiger partial charge in [0.05, 0.1) is 15.9 Å². The molecule has 168 valence electrons. The van der Waals surface area contributed by atoms with E-state index in [1.165, 1.54) is 89.9 Å². The first-order valence-electron chi connectivity index (χ1n) is 11.7. The summed E-state index contributed by atoms with van der Waals surface area (Å²) in [6.45, 7) is 2.19. The lowest BCUT2D eigenvalue weighted by atomic mass is 10.0. The fourth-order valence-electron chi connectivity index (χ4n) is 3.41. The van der Waals surface area contributed by atoms with Gasteiger partial charge in [0, 0.05) is 13.0 Å². The maximum Gasteiger partial charge on any atom is 0.220 e. The van der Waals surface area contributed by atoms with Crippen LogP contribution in [-0.2, 0) is 14.9 Å². The van der Waals surface area contributed by atoms with Gasteiger partial charge in [-0.25, -0.2) is 8.42 Å². The largest absolute Gasteiger partial charge is 0.748 e. The highest BCUT2D eigenvalue weighted by Crippen LogP contribution is 2.14. The van der Waals surface area contributed by atoms with E-state index in [1.807, 2.05) is 0 Å². The van der Waals surface area contributed by atoms with Gasteiger partial charge in [-0.2, -0.15) is 0 Å². The maximum absolute atomic E-state index is 11.5. The minimum Gasteiger partial charge on any atom is -0.748 e. The quantitative estimate of drug-likeness (QED) is 0.192. The SMILES string of the molecule is CCCCCCCCCCCCCCCCCCCC(=O)NCCS(=O)(=O)[O-]. The van der Waals surface area contributed by atoms with Crippen molar-refractivity contribution in [2.45, 2.75) is 122 Å². The molecule has 0 aliphatic heterocycles. The summed E-state index contributed by atoms with van der Waals surface area (Å²) < 4.78 is 31.3. The fourth-order valence-corrected chi connectivity index (χ4v) is 3.77.